The third kappa shape index (κ3) is 3.34. The lowest BCUT2D eigenvalue weighted by molar-refractivity contribution is 0.329. The Balaban J connectivity index is 3.46. The molecule has 0 heterocycles. The molecule has 0 radical (unpaired) electrons. The molecule has 7 heteroatoms. The third-order valence-corrected chi connectivity index (χ3v) is 5.49. The van der Waals surface area contributed by atoms with Crippen molar-refractivity contribution in [3.63, 3.8) is 0 Å². The summed E-state index contributed by atoms with van der Waals surface area (Å²) < 4.78 is 31.7. The Morgan fingerprint density at radius 2 is 1.74 bits per heavy atom. The minimum Gasteiger partial charge on any atom is -0.491 e. The van der Waals surface area contributed by atoms with E-state index in [2.05, 4.69) is 0 Å². The molecule has 0 aliphatic rings. The summed E-state index contributed by atoms with van der Waals surface area (Å²) in [5.74, 6) is 0.114. The average Bonchev–Trinajstić information content (AvgIpc) is 2.36. The van der Waals surface area contributed by atoms with E-state index in [1.807, 2.05) is 0 Å². The topological polar surface area (TPSA) is 46.6 Å². The lowest BCUT2D eigenvalue weighted by Crippen LogP contribution is -2.31. The first-order valence-corrected chi connectivity index (χ1v) is 8.20. The Hall–Kier alpha value is -0.490. The van der Waals surface area contributed by atoms with E-state index in [-0.39, 0.29) is 20.7 Å². The molecule has 0 amide bonds. The summed E-state index contributed by atoms with van der Waals surface area (Å²) in [6.07, 6.45) is 0. The second-order valence-corrected chi connectivity index (χ2v) is 6.40. The Labute approximate surface area is 124 Å². The van der Waals surface area contributed by atoms with Crippen LogP contribution in [0.4, 0.5) is 0 Å². The van der Waals surface area contributed by atoms with Gasteiger partial charge in [0, 0.05) is 13.1 Å². The van der Waals surface area contributed by atoms with Gasteiger partial charge in [0.1, 0.15) is 9.92 Å². The van der Waals surface area contributed by atoms with Gasteiger partial charge in [-0.3, -0.25) is 0 Å². The predicted molar refractivity (Wildman–Crippen MR) is 77.7 cm³/mol. The summed E-state index contributed by atoms with van der Waals surface area (Å²) >= 11 is 11.9. The van der Waals surface area contributed by atoms with Crippen molar-refractivity contribution in [3.05, 3.63) is 22.2 Å². The van der Waals surface area contributed by atoms with Gasteiger partial charge in [-0.05, 0) is 19.1 Å². The fourth-order valence-corrected chi connectivity index (χ4v) is 3.72. The van der Waals surface area contributed by atoms with Crippen molar-refractivity contribution in [2.45, 2.75) is 25.7 Å². The molecule has 19 heavy (non-hydrogen) atoms. The van der Waals surface area contributed by atoms with Gasteiger partial charge in [0.05, 0.1) is 11.6 Å². The zero-order valence-electron chi connectivity index (χ0n) is 11.1. The fourth-order valence-electron chi connectivity index (χ4n) is 1.70. The fraction of sp³-hybridized carbons (Fsp3) is 0.500. The van der Waals surface area contributed by atoms with Gasteiger partial charge in [0.2, 0.25) is 10.0 Å². The number of rotatable bonds is 6. The molecule has 0 atom stereocenters. The van der Waals surface area contributed by atoms with Crippen molar-refractivity contribution in [2.24, 2.45) is 0 Å². The summed E-state index contributed by atoms with van der Waals surface area (Å²) in [7, 11) is -3.63. The maximum atomic E-state index is 12.5. The molecule has 0 fully saturated rings. The molecule has 1 aromatic rings. The van der Waals surface area contributed by atoms with Gasteiger partial charge in [-0.1, -0.05) is 37.0 Å². The summed E-state index contributed by atoms with van der Waals surface area (Å²) in [6, 6.07) is 2.88. The lowest BCUT2D eigenvalue weighted by Gasteiger charge is -2.21. The van der Waals surface area contributed by atoms with Gasteiger partial charge in [-0.2, -0.15) is 4.31 Å². The minimum atomic E-state index is -3.63. The molecule has 1 aromatic carbocycles. The van der Waals surface area contributed by atoms with Crippen molar-refractivity contribution in [2.75, 3.05) is 19.7 Å². The highest BCUT2D eigenvalue weighted by Crippen LogP contribution is 2.38. The van der Waals surface area contributed by atoms with Gasteiger partial charge >= 0.3 is 0 Å². The van der Waals surface area contributed by atoms with Gasteiger partial charge in [0.25, 0.3) is 0 Å². The van der Waals surface area contributed by atoms with E-state index in [0.717, 1.165) is 0 Å². The highest BCUT2D eigenvalue weighted by Gasteiger charge is 2.27. The van der Waals surface area contributed by atoms with Crippen molar-refractivity contribution < 1.29 is 13.2 Å². The first-order chi connectivity index (χ1) is 8.89. The molecule has 0 N–H and O–H groups in total. The Morgan fingerprint density at radius 1 is 1.16 bits per heavy atom. The standard InChI is InChI=1S/C12H17Cl2NO3S/c1-4-15(5-2)19(16,17)10-8-7-9(13)11(14)12(10)18-6-3/h7-8H,4-6H2,1-3H3. The normalized spacial score (nSPS) is 11.9. The van der Waals surface area contributed by atoms with E-state index in [4.69, 9.17) is 27.9 Å². The molecule has 0 saturated heterocycles. The molecule has 0 unspecified atom stereocenters. The van der Waals surface area contributed by atoms with Gasteiger partial charge < -0.3 is 4.74 Å². The molecule has 0 bridgehead atoms. The number of ether oxygens (including phenoxy) is 1. The van der Waals surface area contributed by atoms with Crippen LogP contribution in [0.1, 0.15) is 20.8 Å². The second kappa shape index (κ2) is 6.79. The average molecular weight is 326 g/mol. The molecule has 0 saturated carbocycles. The van der Waals surface area contributed by atoms with Crippen LogP contribution < -0.4 is 4.74 Å². The Morgan fingerprint density at radius 3 is 2.21 bits per heavy atom. The summed E-state index contributed by atoms with van der Waals surface area (Å²) in [5.41, 5.74) is 0. The highest BCUT2D eigenvalue weighted by molar-refractivity contribution is 7.89. The van der Waals surface area contributed by atoms with Crippen LogP contribution in [-0.4, -0.2) is 32.4 Å². The number of halogens is 2. The van der Waals surface area contributed by atoms with Crippen LogP contribution in [-0.2, 0) is 10.0 Å². The maximum Gasteiger partial charge on any atom is 0.246 e. The van der Waals surface area contributed by atoms with Crippen LogP contribution in [0.3, 0.4) is 0 Å². The first-order valence-electron chi connectivity index (χ1n) is 6.01. The van der Waals surface area contributed by atoms with Crippen LogP contribution in [0.5, 0.6) is 5.75 Å². The third-order valence-electron chi connectivity index (χ3n) is 2.63. The molecule has 0 aliphatic heterocycles. The summed E-state index contributed by atoms with van der Waals surface area (Å²) in [6.45, 7) is 6.37. The van der Waals surface area contributed by atoms with Crippen molar-refractivity contribution in [1.29, 1.82) is 0 Å². The number of sulfonamides is 1. The summed E-state index contributed by atoms with van der Waals surface area (Å²) in [5, 5.41) is 0.389. The zero-order chi connectivity index (χ0) is 14.6. The van der Waals surface area contributed by atoms with E-state index < -0.39 is 10.0 Å². The molecular weight excluding hydrogens is 309 g/mol. The van der Waals surface area contributed by atoms with Crippen molar-refractivity contribution >= 4 is 33.2 Å². The molecule has 4 nitrogen and oxygen atoms in total. The molecule has 0 spiro atoms. The monoisotopic (exact) mass is 325 g/mol. The predicted octanol–water partition coefficient (Wildman–Crippen LogP) is 3.42. The molecule has 0 aromatic heterocycles. The van der Waals surface area contributed by atoms with E-state index in [9.17, 15) is 8.42 Å². The smallest absolute Gasteiger partial charge is 0.246 e. The van der Waals surface area contributed by atoms with E-state index >= 15 is 0 Å². The van der Waals surface area contributed by atoms with Crippen LogP contribution in [0.2, 0.25) is 10.0 Å². The van der Waals surface area contributed by atoms with E-state index in [1.54, 1.807) is 20.8 Å². The second-order valence-electron chi connectivity index (χ2n) is 3.71. The molecular formula is C12H17Cl2NO3S. The highest BCUT2D eigenvalue weighted by atomic mass is 35.5. The van der Waals surface area contributed by atoms with Gasteiger partial charge in [0.15, 0.2) is 5.75 Å². The summed E-state index contributed by atoms with van der Waals surface area (Å²) in [4.78, 5) is 0.0486. The Bertz CT molecular complexity index is 542. The SMILES string of the molecule is CCOc1c(S(=O)(=O)N(CC)CC)ccc(Cl)c1Cl. The molecule has 1 rings (SSSR count). The quantitative estimate of drug-likeness (QED) is 0.805. The largest absolute Gasteiger partial charge is 0.491 e. The number of hydrogen-bond acceptors (Lipinski definition) is 3. The number of nitrogens with zero attached hydrogens (tertiary/aromatic N) is 1. The van der Waals surface area contributed by atoms with Gasteiger partial charge in [-0.25, -0.2) is 8.42 Å². The van der Waals surface area contributed by atoms with Crippen LogP contribution in [0.15, 0.2) is 17.0 Å². The first kappa shape index (κ1) is 16.6. The number of benzene rings is 1. The number of hydrogen-bond donors (Lipinski definition) is 0. The maximum absolute atomic E-state index is 12.5. The van der Waals surface area contributed by atoms with Crippen LogP contribution in [0, 0.1) is 0 Å². The molecule has 0 aliphatic carbocycles. The van der Waals surface area contributed by atoms with Crippen molar-refractivity contribution in [3.8, 4) is 5.75 Å². The van der Waals surface area contributed by atoms with Crippen LogP contribution in [0.25, 0.3) is 0 Å². The van der Waals surface area contributed by atoms with E-state index in [1.165, 1.54) is 16.4 Å². The Kier molecular flexibility index (Phi) is 5.92. The van der Waals surface area contributed by atoms with Crippen molar-refractivity contribution in [1.82, 2.24) is 4.31 Å². The molecule has 108 valence electrons. The van der Waals surface area contributed by atoms with E-state index in [0.29, 0.717) is 19.7 Å². The van der Waals surface area contributed by atoms with Crippen LogP contribution >= 0.6 is 23.2 Å². The minimum absolute atomic E-state index is 0.0486. The zero-order valence-corrected chi connectivity index (χ0v) is 13.4. The van der Waals surface area contributed by atoms with Gasteiger partial charge in [-0.15, -0.1) is 0 Å². The lowest BCUT2D eigenvalue weighted by atomic mass is 10.3.